The van der Waals surface area contributed by atoms with Crippen LogP contribution < -0.4 is 4.74 Å². The smallest absolute Gasteiger partial charge is 0.337 e. The van der Waals surface area contributed by atoms with Gasteiger partial charge in [0.15, 0.2) is 6.10 Å². The van der Waals surface area contributed by atoms with Gasteiger partial charge in [-0.05, 0) is 12.1 Å². The molecule has 0 aliphatic rings. The van der Waals surface area contributed by atoms with Gasteiger partial charge in [-0.25, -0.2) is 4.79 Å². The topological polar surface area (TPSA) is 87.0 Å². The summed E-state index contributed by atoms with van der Waals surface area (Å²) < 4.78 is 4.81. The molecule has 3 N–H and O–H groups in total. The summed E-state index contributed by atoms with van der Waals surface area (Å²) in [5.41, 5.74) is -0.137. The molecule has 76 valence electrons. The summed E-state index contributed by atoms with van der Waals surface area (Å²) >= 11 is 0. The number of methoxy groups -OCH3 is 1. The van der Waals surface area contributed by atoms with Gasteiger partial charge in [0.25, 0.3) is 0 Å². The fraction of sp³-hybridized carbons (Fsp3) is 0.222. The van der Waals surface area contributed by atoms with Gasteiger partial charge in [-0.1, -0.05) is 6.07 Å². The molecule has 0 fully saturated rings. The van der Waals surface area contributed by atoms with E-state index in [1.165, 1.54) is 25.3 Å². The number of hydrogen-bond donors (Lipinski definition) is 3. The van der Waals surface area contributed by atoms with Crippen LogP contribution in [0.15, 0.2) is 18.2 Å². The van der Waals surface area contributed by atoms with Crippen LogP contribution in [-0.4, -0.2) is 28.4 Å². The SMILES string of the molecule is COc1cccc(O)c1C(O)C(=O)O. The lowest BCUT2D eigenvalue weighted by atomic mass is 10.1. The molecule has 0 aliphatic heterocycles. The van der Waals surface area contributed by atoms with Crippen molar-refractivity contribution in [3.05, 3.63) is 23.8 Å². The maximum Gasteiger partial charge on any atom is 0.337 e. The van der Waals surface area contributed by atoms with Gasteiger partial charge in [0, 0.05) is 0 Å². The number of carboxylic acids is 1. The summed E-state index contributed by atoms with van der Waals surface area (Å²) in [6, 6.07) is 4.23. The van der Waals surface area contributed by atoms with Crippen LogP contribution in [0, 0.1) is 0 Å². The molecule has 1 unspecified atom stereocenters. The van der Waals surface area contributed by atoms with E-state index in [-0.39, 0.29) is 17.1 Å². The van der Waals surface area contributed by atoms with E-state index in [1.54, 1.807) is 0 Å². The Hall–Kier alpha value is -1.75. The van der Waals surface area contributed by atoms with E-state index in [0.717, 1.165) is 0 Å². The van der Waals surface area contributed by atoms with Crippen molar-refractivity contribution in [2.75, 3.05) is 7.11 Å². The Morgan fingerprint density at radius 2 is 2.14 bits per heavy atom. The fourth-order valence-electron chi connectivity index (χ4n) is 1.11. The molecule has 5 heteroatoms. The van der Waals surface area contributed by atoms with Crippen molar-refractivity contribution >= 4 is 5.97 Å². The summed E-state index contributed by atoms with van der Waals surface area (Å²) in [5, 5.41) is 27.2. The van der Waals surface area contributed by atoms with Crippen LogP contribution in [0.2, 0.25) is 0 Å². The highest BCUT2D eigenvalue weighted by molar-refractivity contribution is 5.76. The third-order valence-corrected chi connectivity index (χ3v) is 1.77. The number of ether oxygens (including phenoxy) is 1. The minimum Gasteiger partial charge on any atom is -0.507 e. The second-order valence-electron chi connectivity index (χ2n) is 2.63. The number of benzene rings is 1. The average molecular weight is 198 g/mol. The molecule has 1 atom stereocenters. The Balaban J connectivity index is 3.23. The zero-order valence-corrected chi connectivity index (χ0v) is 7.47. The first-order valence-electron chi connectivity index (χ1n) is 3.84. The Kier molecular flexibility index (Phi) is 2.93. The van der Waals surface area contributed by atoms with Gasteiger partial charge in [0.05, 0.1) is 12.7 Å². The van der Waals surface area contributed by atoms with Crippen molar-refractivity contribution in [2.24, 2.45) is 0 Å². The van der Waals surface area contributed by atoms with Crippen molar-refractivity contribution in [1.82, 2.24) is 0 Å². The van der Waals surface area contributed by atoms with Gasteiger partial charge in [-0.3, -0.25) is 0 Å². The van der Waals surface area contributed by atoms with Crippen molar-refractivity contribution in [3.63, 3.8) is 0 Å². The molecular weight excluding hydrogens is 188 g/mol. The number of aliphatic hydroxyl groups excluding tert-OH is 1. The molecule has 0 saturated heterocycles. The molecule has 0 saturated carbocycles. The number of aromatic hydroxyl groups is 1. The van der Waals surface area contributed by atoms with Gasteiger partial charge < -0.3 is 20.1 Å². The Labute approximate surface area is 80.2 Å². The maximum atomic E-state index is 10.5. The summed E-state index contributed by atoms with van der Waals surface area (Å²) in [6.45, 7) is 0. The Morgan fingerprint density at radius 3 is 2.64 bits per heavy atom. The number of aliphatic carboxylic acids is 1. The molecule has 0 aromatic heterocycles. The molecule has 0 spiro atoms. The second kappa shape index (κ2) is 3.97. The monoisotopic (exact) mass is 198 g/mol. The lowest BCUT2D eigenvalue weighted by molar-refractivity contribution is -0.147. The second-order valence-corrected chi connectivity index (χ2v) is 2.63. The van der Waals surface area contributed by atoms with Crippen molar-refractivity contribution in [1.29, 1.82) is 0 Å². The normalized spacial score (nSPS) is 12.1. The van der Waals surface area contributed by atoms with Crippen LogP contribution in [0.25, 0.3) is 0 Å². The molecule has 0 bridgehead atoms. The number of phenols is 1. The predicted octanol–water partition coefficient (Wildman–Crippen LogP) is 0.519. The highest BCUT2D eigenvalue weighted by atomic mass is 16.5. The van der Waals surface area contributed by atoms with Gasteiger partial charge in [-0.2, -0.15) is 0 Å². The molecule has 1 aromatic rings. The van der Waals surface area contributed by atoms with Gasteiger partial charge in [0.1, 0.15) is 11.5 Å². The molecule has 1 aromatic carbocycles. The van der Waals surface area contributed by atoms with E-state index in [2.05, 4.69) is 0 Å². The predicted molar refractivity (Wildman–Crippen MR) is 47.3 cm³/mol. The number of rotatable bonds is 3. The van der Waals surface area contributed by atoms with Gasteiger partial charge >= 0.3 is 5.97 Å². The minimum atomic E-state index is -1.79. The molecule has 0 aliphatic carbocycles. The van der Waals surface area contributed by atoms with Crippen LogP contribution in [-0.2, 0) is 4.79 Å². The van der Waals surface area contributed by atoms with E-state index < -0.39 is 12.1 Å². The Bertz CT molecular complexity index is 347. The maximum absolute atomic E-state index is 10.5. The molecule has 0 heterocycles. The lowest BCUT2D eigenvalue weighted by Gasteiger charge is -2.12. The summed E-state index contributed by atoms with van der Waals surface area (Å²) in [5.74, 6) is -1.61. The largest absolute Gasteiger partial charge is 0.507 e. The first-order valence-corrected chi connectivity index (χ1v) is 3.84. The van der Waals surface area contributed by atoms with Crippen molar-refractivity contribution in [2.45, 2.75) is 6.10 Å². The molecule has 5 nitrogen and oxygen atoms in total. The first kappa shape index (κ1) is 10.3. The summed E-state index contributed by atoms with van der Waals surface area (Å²) in [6.07, 6.45) is -1.79. The van der Waals surface area contributed by atoms with E-state index in [0.29, 0.717) is 0 Å². The van der Waals surface area contributed by atoms with E-state index in [1.807, 2.05) is 0 Å². The fourth-order valence-corrected chi connectivity index (χ4v) is 1.11. The third kappa shape index (κ3) is 1.77. The van der Waals surface area contributed by atoms with Crippen LogP contribution in [0.4, 0.5) is 0 Å². The standard InChI is InChI=1S/C9H10O5/c1-14-6-4-2-3-5(10)7(6)8(11)9(12)13/h2-4,8,10-11H,1H3,(H,12,13). The van der Waals surface area contributed by atoms with Crippen LogP contribution in [0.3, 0.4) is 0 Å². The number of phenolic OH excluding ortho intramolecular Hbond substituents is 1. The molecule has 14 heavy (non-hydrogen) atoms. The molecule has 1 rings (SSSR count). The van der Waals surface area contributed by atoms with E-state index in [9.17, 15) is 15.0 Å². The van der Waals surface area contributed by atoms with Gasteiger partial charge in [-0.15, -0.1) is 0 Å². The quantitative estimate of drug-likeness (QED) is 0.659. The lowest BCUT2D eigenvalue weighted by Crippen LogP contribution is -2.11. The molecule has 0 radical (unpaired) electrons. The van der Waals surface area contributed by atoms with Crippen molar-refractivity contribution in [3.8, 4) is 11.5 Å². The summed E-state index contributed by atoms with van der Waals surface area (Å²) in [4.78, 5) is 10.5. The van der Waals surface area contributed by atoms with Crippen molar-refractivity contribution < 1.29 is 24.9 Å². The highest BCUT2D eigenvalue weighted by Gasteiger charge is 2.23. The van der Waals surface area contributed by atoms with Gasteiger partial charge in [0.2, 0.25) is 0 Å². The summed E-state index contributed by atoms with van der Waals surface area (Å²) in [7, 11) is 1.33. The van der Waals surface area contributed by atoms with Crippen LogP contribution in [0.1, 0.15) is 11.7 Å². The van der Waals surface area contributed by atoms with Crippen LogP contribution in [0.5, 0.6) is 11.5 Å². The zero-order chi connectivity index (χ0) is 10.7. The minimum absolute atomic E-state index is 0.137. The first-order chi connectivity index (χ1) is 6.57. The van der Waals surface area contributed by atoms with Crippen LogP contribution >= 0.6 is 0 Å². The number of hydrogen-bond acceptors (Lipinski definition) is 4. The molecular formula is C9H10O5. The Morgan fingerprint density at radius 1 is 1.50 bits per heavy atom. The average Bonchev–Trinajstić information content (AvgIpc) is 2.16. The highest BCUT2D eigenvalue weighted by Crippen LogP contribution is 2.33. The third-order valence-electron chi connectivity index (χ3n) is 1.77. The molecule has 0 amide bonds. The van der Waals surface area contributed by atoms with E-state index >= 15 is 0 Å². The number of carbonyl (C=O) groups is 1. The number of aliphatic hydroxyl groups is 1. The number of carboxylic acid groups (broad SMARTS) is 1. The zero-order valence-electron chi connectivity index (χ0n) is 7.47. The van der Waals surface area contributed by atoms with E-state index in [4.69, 9.17) is 9.84 Å².